The molecule has 1 aromatic heterocycles. The minimum atomic E-state index is -0.669. The maximum Gasteiger partial charge on any atom is 0.255 e. The number of rotatable bonds is 6. The molecule has 0 aliphatic heterocycles. The van der Waals surface area contributed by atoms with Gasteiger partial charge in [0.15, 0.2) is 0 Å². The Morgan fingerprint density at radius 1 is 1.35 bits per heavy atom. The highest BCUT2D eigenvalue weighted by Gasteiger charge is 2.23. The SMILES string of the molecule is CON(C)C(=O)C(CO)c1ccc(Nc2ncc(Br)cn2)cc1. The van der Waals surface area contributed by atoms with Crippen LogP contribution in [0.1, 0.15) is 11.5 Å². The van der Waals surface area contributed by atoms with Gasteiger partial charge in [0, 0.05) is 25.1 Å². The molecule has 23 heavy (non-hydrogen) atoms. The van der Waals surface area contributed by atoms with Gasteiger partial charge in [-0.15, -0.1) is 0 Å². The number of aliphatic hydroxyl groups is 1. The number of carbonyl (C=O) groups excluding carboxylic acids is 1. The number of nitrogens with one attached hydrogen (secondary N) is 1. The molecule has 0 aliphatic rings. The minimum absolute atomic E-state index is 0.296. The molecule has 7 nitrogen and oxygen atoms in total. The average Bonchev–Trinajstić information content (AvgIpc) is 2.58. The summed E-state index contributed by atoms with van der Waals surface area (Å²) in [6.07, 6.45) is 3.29. The highest BCUT2D eigenvalue weighted by Crippen LogP contribution is 2.21. The molecule has 0 saturated heterocycles. The second kappa shape index (κ2) is 8.00. The number of anilines is 2. The molecule has 0 radical (unpaired) electrons. The van der Waals surface area contributed by atoms with Gasteiger partial charge in [-0.25, -0.2) is 15.0 Å². The number of aliphatic hydroxyl groups excluding tert-OH is 1. The maximum absolute atomic E-state index is 12.1. The standard InChI is InChI=1S/C15H17BrN4O3/c1-20(23-2)14(22)13(9-21)10-3-5-12(6-4-10)19-15-17-7-11(16)8-18-15/h3-8,13,21H,9H2,1-2H3,(H,17,18,19). The largest absolute Gasteiger partial charge is 0.395 e. The van der Waals surface area contributed by atoms with E-state index >= 15 is 0 Å². The van der Waals surface area contributed by atoms with Gasteiger partial charge in [-0.05, 0) is 33.6 Å². The maximum atomic E-state index is 12.1. The first-order valence-corrected chi connectivity index (χ1v) is 7.61. The average molecular weight is 381 g/mol. The van der Waals surface area contributed by atoms with Crippen molar-refractivity contribution < 1.29 is 14.7 Å². The Labute approximate surface area is 142 Å². The van der Waals surface area contributed by atoms with Crippen LogP contribution in [0.5, 0.6) is 0 Å². The third-order valence-electron chi connectivity index (χ3n) is 3.25. The smallest absolute Gasteiger partial charge is 0.255 e. The zero-order valence-corrected chi connectivity index (χ0v) is 14.3. The van der Waals surface area contributed by atoms with E-state index in [9.17, 15) is 9.90 Å². The number of hydrogen-bond acceptors (Lipinski definition) is 6. The van der Waals surface area contributed by atoms with Crippen molar-refractivity contribution in [3.05, 3.63) is 46.7 Å². The van der Waals surface area contributed by atoms with Gasteiger partial charge in [-0.2, -0.15) is 0 Å². The van der Waals surface area contributed by atoms with E-state index in [4.69, 9.17) is 4.84 Å². The Morgan fingerprint density at radius 2 is 1.96 bits per heavy atom. The Morgan fingerprint density at radius 3 is 2.48 bits per heavy atom. The van der Waals surface area contributed by atoms with Gasteiger partial charge in [-0.3, -0.25) is 9.63 Å². The molecule has 0 aliphatic carbocycles. The Kier molecular flexibility index (Phi) is 6.03. The molecule has 1 amide bonds. The van der Waals surface area contributed by atoms with E-state index in [2.05, 4.69) is 31.2 Å². The molecule has 0 spiro atoms. The van der Waals surface area contributed by atoms with E-state index in [1.165, 1.54) is 14.2 Å². The lowest BCUT2D eigenvalue weighted by molar-refractivity contribution is -0.171. The number of carbonyl (C=O) groups is 1. The fourth-order valence-electron chi connectivity index (χ4n) is 1.94. The number of hydroxylamine groups is 2. The number of nitrogens with zero attached hydrogens (tertiary/aromatic N) is 3. The normalized spacial score (nSPS) is 11.8. The Hall–Kier alpha value is -2.03. The molecule has 2 aromatic rings. The molecule has 0 fully saturated rings. The highest BCUT2D eigenvalue weighted by molar-refractivity contribution is 9.10. The summed E-state index contributed by atoms with van der Waals surface area (Å²) < 4.78 is 0.796. The van der Waals surface area contributed by atoms with Gasteiger partial charge in [0.05, 0.1) is 24.1 Å². The van der Waals surface area contributed by atoms with Crippen LogP contribution in [0.15, 0.2) is 41.1 Å². The molecular formula is C15H17BrN4O3. The number of benzene rings is 1. The Balaban J connectivity index is 2.11. The zero-order valence-electron chi connectivity index (χ0n) is 12.7. The topological polar surface area (TPSA) is 87.6 Å². The second-order valence-electron chi connectivity index (χ2n) is 4.73. The third kappa shape index (κ3) is 4.47. The summed E-state index contributed by atoms with van der Waals surface area (Å²) in [6, 6.07) is 7.12. The lowest BCUT2D eigenvalue weighted by atomic mass is 9.99. The van der Waals surface area contributed by atoms with Gasteiger partial charge < -0.3 is 10.4 Å². The van der Waals surface area contributed by atoms with E-state index in [1.54, 1.807) is 36.7 Å². The van der Waals surface area contributed by atoms with E-state index in [0.717, 1.165) is 15.2 Å². The third-order valence-corrected chi connectivity index (χ3v) is 3.66. The summed E-state index contributed by atoms with van der Waals surface area (Å²) in [5, 5.41) is 13.6. The van der Waals surface area contributed by atoms with E-state index in [-0.39, 0.29) is 12.5 Å². The number of likely N-dealkylation sites (N-methyl/N-ethyl adjacent to an activating group) is 1. The fraction of sp³-hybridized carbons (Fsp3) is 0.267. The predicted octanol–water partition coefficient (Wildman–Crippen LogP) is 2.08. The van der Waals surface area contributed by atoms with Crippen LogP contribution in [-0.4, -0.2) is 46.8 Å². The van der Waals surface area contributed by atoms with Crippen LogP contribution >= 0.6 is 15.9 Å². The fourth-order valence-corrected chi connectivity index (χ4v) is 2.14. The first-order valence-electron chi connectivity index (χ1n) is 6.82. The summed E-state index contributed by atoms with van der Waals surface area (Å²) in [7, 11) is 2.91. The van der Waals surface area contributed by atoms with Crippen molar-refractivity contribution in [1.82, 2.24) is 15.0 Å². The van der Waals surface area contributed by atoms with Crippen molar-refractivity contribution in [3.8, 4) is 0 Å². The van der Waals surface area contributed by atoms with Crippen LogP contribution in [0.3, 0.4) is 0 Å². The van der Waals surface area contributed by atoms with Gasteiger partial charge in [0.2, 0.25) is 5.95 Å². The van der Waals surface area contributed by atoms with Gasteiger partial charge in [-0.1, -0.05) is 12.1 Å². The molecule has 0 saturated carbocycles. The summed E-state index contributed by atoms with van der Waals surface area (Å²) >= 11 is 3.27. The first-order chi connectivity index (χ1) is 11.0. The van der Waals surface area contributed by atoms with Gasteiger partial charge >= 0.3 is 0 Å². The van der Waals surface area contributed by atoms with Crippen LogP contribution in [0.2, 0.25) is 0 Å². The molecular weight excluding hydrogens is 364 g/mol. The summed E-state index contributed by atoms with van der Waals surface area (Å²) in [6.45, 7) is -0.296. The van der Waals surface area contributed by atoms with E-state index < -0.39 is 5.92 Å². The molecule has 1 atom stereocenters. The molecule has 1 heterocycles. The first kappa shape index (κ1) is 17.3. The lowest BCUT2D eigenvalue weighted by Crippen LogP contribution is -2.32. The van der Waals surface area contributed by atoms with Gasteiger partial charge in [0.1, 0.15) is 0 Å². The summed E-state index contributed by atoms with van der Waals surface area (Å²) in [5.41, 5.74) is 1.48. The summed E-state index contributed by atoms with van der Waals surface area (Å²) in [4.78, 5) is 25.2. The van der Waals surface area contributed by atoms with Crippen LogP contribution in [0, 0.1) is 0 Å². The van der Waals surface area contributed by atoms with Crippen molar-refractivity contribution in [2.24, 2.45) is 0 Å². The Bertz CT molecular complexity index is 649. The minimum Gasteiger partial charge on any atom is -0.395 e. The predicted molar refractivity (Wildman–Crippen MR) is 89.1 cm³/mol. The van der Waals surface area contributed by atoms with Crippen LogP contribution in [0.4, 0.5) is 11.6 Å². The van der Waals surface area contributed by atoms with Crippen molar-refractivity contribution in [3.63, 3.8) is 0 Å². The molecule has 1 unspecified atom stereocenters. The van der Waals surface area contributed by atoms with Crippen LogP contribution in [0.25, 0.3) is 0 Å². The second-order valence-corrected chi connectivity index (χ2v) is 5.64. The molecule has 0 bridgehead atoms. The quantitative estimate of drug-likeness (QED) is 0.745. The van der Waals surface area contributed by atoms with Crippen LogP contribution < -0.4 is 5.32 Å². The highest BCUT2D eigenvalue weighted by atomic mass is 79.9. The lowest BCUT2D eigenvalue weighted by Gasteiger charge is -2.20. The van der Waals surface area contributed by atoms with Crippen LogP contribution in [-0.2, 0) is 9.63 Å². The number of amides is 1. The van der Waals surface area contributed by atoms with Crippen molar-refractivity contribution in [2.45, 2.75) is 5.92 Å². The van der Waals surface area contributed by atoms with Crippen molar-refractivity contribution in [2.75, 3.05) is 26.1 Å². The number of hydrogen-bond donors (Lipinski definition) is 2. The van der Waals surface area contributed by atoms with Gasteiger partial charge in [0.25, 0.3) is 5.91 Å². The van der Waals surface area contributed by atoms with E-state index in [0.29, 0.717) is 11.5 Å². The molecule has 1 aromatic carbocycles. The zero-order chi connectivity index (χ0) is 16.8. The molecule has 8 heteroatoms. The number of aromatic nitrogens is 2. The van der Waals surface area contributed by atoms with E-state index in [1.807, 2.05) is 0 Å². The number of halogens is 1. The van der Waals surface area contributed by atoms with Crippen molar-refractivity contribution in [1.29, 1.82) is 0 Å². The molecule has 2 N–H and O–H groups in total. The molecule has 122 valence electrons. The summed E-state index contributed by atoms with van der Waals surface area (Å²) in [5.74, 6) is -0.514. The molecule has 2 rings (SSSR count). The monoisotopic (exact) mass is 380 g/mol. The van der Waals surface area contributed by atoms with Crippen molar-refractivity contribution >= 4 is 33.5 Å².